The highest BCUT2D eigenvalue weighted by Crippen LogP contribution is 2.24. The summed E-state index contributed by atoms with van der Waals surface area (Å²) in [5.41, 5.74) is 1.06. The third-order valence-electron chi connectivity index (χ3n) is 5.96. The van der Waals surface area contributed by atoms with Crippen LogP contribution in [0.2, 0.25) is 5.02 Å². The van der Waals surface area contributed by atoms with E-state index in [0.717, 1.165) is 57.8 Å². The molecule has 0 unspecified atom stereocenters. The summed E-state index contributed by atoms with van der Waals surface area (Å²) in [5.74, 6) is 0.338. The number of carbonyl (C=O) groups excluding carboxylic acids is 1. The monoisotopic (exact) mass is 431 g/mol. The smallest absolute Gasteiger partial charge is 0.260 e. The summed E-state index contributed by atoms with van der Waals surface area (Å²) in [5, 5.41) is 0.515. The van der Waals surface area contributed by atoms with Crippen LogP contribution in [-0.4, -0.2) is 67.6 Å². The minimum absolute atomic E-state index is 0.00423. The second kappa shape index (κ2) is 9.67. The number of piperazine rings is 1. The van der Waals surface area contributed by atoms with E-state index in [2.05, 4.69) is 9.80 Å². The predicted octanol–water partition coefficient (Wildman–Crippen LogP) is 3.67. The van der Waals surface area contributed by atoms with Crippen LogP contribution in [0.1, 0.15) is 12.8 Å². The van der Waals surface area contributed by atoms with Crippen molar-refractivity contribution in [3.8, 4) is 5.75 Å². The van der Waals surface area contributed by atoms with Gasteiger partial charge in [0.25, 0.3) is 5.91 Å². The zero-order valence-corrected chi connectivity index (χ0v) is 17.7. The van der Waals surface area contributed by atoms with Crippen LogP contribution in [-0.2, 0) is 4.79 Å². The predicted molar refractivity (Wildman–Crippen MR) is 117 cm³/mol. The van der Waals surface area contributed by atoms with E-state index in [-0.39, 0.29) is 18.3 Å². The average Bonchev–Trinajstić information content (AvgIpc) is 2.79. The van der Waals surface area contributed by atoms with Gasteiger partial charge in [-0.15, -0.1) is 0 Å². The van der Waals surface area contributed by atoms with Crippen LogP contribution < -0.4 is 9.64 Å². The highest BCUT2D eigenvalue weighted by Gasteiger charge is 2.30. The molecule has 30 heavy (non-hydrogen) atoms. The van der Waals surface area contributed by atoms with Crippen LogP contribution in [0.5, 0.6) is 5.75 Å². The average molecular weight is 432 g/mol. The Labute approximate surface area is 182 Å². The van der Waals surface area contributed by atoms with Gasteiger partial charge >= 0.3 is 0 Å². The lowest BCUT2D eigenvalue weighted by Crippen LogP contribution is -2.56. The number of rotatable bonds is 5. The molecule has 4 rings (SSSR count). The second-order valence-corrected chi connectivity index (χ2v) is 8.26. The molecule has 0 saturated carbocycles. The highest BCUT2D eigenvalue weighted by molar-refractivity contribution is 6.32. The maximum Gasteiger partial charge on any atom is 0.260 e. The SMILES string of the molecule is O=C(COc1ccccc1Cl)N1CCC[C@H](N2CCN(c3ccc(F)cc3)CC2)C1. The number of benzene rings is 2. The summed E-state index contributed by atoms with van der Waals surface area (Å²) in [6.45, 7) is 5.23. The minimum atomic E-state index is -0.206. The van der Waals surface area contributed by atoms with Gasteiger partial charge in [-0.2, -0.15) is 0 Å². The fraction of sp³-hybridized carbons (Fsp3) is 0.435. The third-order valence-corrected chi connectivity index (χ3v) is 6.27. The number of amides is 1. The number of piperidine rings is 1. The molecule has 2 fully saturated rings. The fourth-order valence-electron chi connectivity index (χ4n) is 4.27. The van der Waals surface area contributed by atoms with Gasteiger partial charge in [-0.3, -0.25) is 9.69 Å². The summed E-state index contributed by atoms with van der Waals surface area (Å²) in [6, 6.07) is 14.3. The Balaban J connectivity index is 1.27. The van der Waals surface area contributed by atoms with Gasteiger partial charge in [-0.1, -0.05) is 23.7 Å². The molecule has 1 atom stereocenters. The van der Waals surface area contributed by atoms with Crippen molar-refractivity contribution in [2.75, 3.05) is 50.8 Å². The van der Waals surface area contributed by atoms with Gasteiger partial charge in [-0.05, 0) is 49.2 Å². The van der Waals surface area contributed by atoms with Crippen LogP contribution >= 0.6 is 11.6 Å². The van der Waals surface area contributed by atoms with Gasteiger partial charge < -0.3 is 14.5 Å². The van der Waals surface area contributed by atoms with Crippen molar-refractivity contribution in [1.29, 1.82) is 0 Å². The van der Waals surface area contributed by atoms with Crippen molar-refractivity contribution in [2.24, 2.45) is 0 Å². The minimum Gasteiger partial charge on any atom is -0.482 e. The Morgan fingerprint density at radius 1 is 1.03 bits per heavy atom. The molecule has 2 aliphatic heterocycles. The lowest BCUT2D eigenvalue weighted by atomic mass is 10.0. The Morgan fingerprint density at radius 2 is 1.77 bits per heavy atom. The molecule has 2 aromatic rings. The first kappa shape index (κ1) is 20.9. The summed E-state index contributed by atoms with van der Waals surface area (Å²) >= 11 is 6.10. The summed E-state index contributed by atoms with van der Waals surface area (Å²) < 4.78 is 18.8. The number of hydrogen-bond acceptors (Lipinski definition) is 4. The van der Waals surface area contributed by atoms with Gasteiger partial charge in [0.15, 0.2) is 6.61 Å². The molecule has 2 heterocycles. The maximum absolute atomic E-state index is 13.2. The number of nitrogens with zero attached hydrogens (tertiary/aromatic N) is 3. The van der Waals surface area contributed by atoms with E-state index in [1.807, 2.05) is 29.2 Å². The standard InChI is InChI=1S/C23H27ClFN3O2/c24-21-5-1-2-6-22(21)30-17-23(29)28-11-3-4-20(16-28)27-14-12-26(13-15-27)19-9-7-18(25)8-10-19/h1-2,5-10,20H,3-4,11-17H2/t20-/m0/s1. The number of para-hydroxylation sites is 1. The number of carbonyl (C=O) groups is 1. The fourth-order valence-corrected chi connectivity index (χ4v) is 4.46. The molecule has 0 aromatic heterocycles. The first-order valence-corrected chi connectivity index (χ1v) is 10.9. The first-order valence-electron chi connectivity index (χ1n) is 10.5. The maximum atomic E-state index is 13.2. The van der Waals surface area contributed by atoms with Crippen molar-refractivity contribution in [3.05, 3.63) is 59.4 Å². The first-order chi connectivity index (χ1) is 14.6. The van der Waals surface area contributed by atoms with Gasteiger partial charge in [0.1, 0.15) is 11.6 Å². The van der Waals surface area contributed by atoms with Crippen LogP contribution in [0.3, 0.4) is 0 Å². The lowest BCUT2D eigenvalue weighted by Gasteiger charge is -2.44. The van der Waals surface area contributed by atoms with E-state index >= 15 is 0 Å². The Kier molecular flexibility index (Phi) is 6.75. The van der Waals surface area contributed by atoms with Crippen molar-refractivity contribution < 1.29 is 13.9 Å². The zero-order valence-electron chi connectivity index (χ0n) is 17.0. The zero-order chi connectivity index (χ0) is 20.9. The number of ether oxygens (including phenoxy) is 1. The number of hydrogen-bond donors (Lipinski definition) is 0. The third kappa shape index (κ3) is 5.05. The van der Waals surface area contributed by atoms with E-state index in [0.29, 0.717) is 16.8 Å². The summed E-state index contributed by atoms with van der Waals surface area (Å²) in [7, 11) is 0. The van der Waals surface area contributed by atoms with Crippen LogP contribution in [0.25, 0.3) is 0 Å². The van der Waals surface area contributed by atoms with E-state index < -0.39 is 0 Å². The quantitative estimate of drug-likeness (QED) is 0.723. The summed E-state index contributed by atoms with van der Waals surface area (Å²) in [6.07, 6.45) is 2.10. The molecule has 2 saturated heterocycles. The number of anilines is 1. The summed E-state index contributed by atoms with van der Waals surface area (Å²) in [4.78, 5) is 19.4. The van der Waals surface area contributed by atoms with Crippen molar-refractivity contribution in [1.82, 2.24) is 9.80 Å². The van der Waals surface area contributed by atoms with Crippen molar-refractivity contribution in [2.45, 2.75) is 18.9 Å². The van der Waals surface area contributed by atoms with Crippen LogP contribution in [0.15, 0.2) is 48.5 Å². The molecule has 2 aliphatic rings. The van der Waals surface area contributed by atoms with Gasteiger partial charge in [0, 0.05) is 51.0 Å². The molecule has 0 N–H and O–H groups in total. The Morgan fingerprint density at radius 3 is 2.50 bits per heavy atom. The molecule has 5 nitrogen and oxygen atoms in total. The highest BCUT2D eigenvalue weighted by atomic mass is 35.5. The van der Waals surface area contributed by atoms with Gasteiger partial charge in [0.2, 0.25) is 0 Å². The Hall–Kier alpha value is -2.31. The number of likely N-dealkylation sites (tertiary alicyclic amines) is 1. The molecule has 0 bridgehead atoms. The molecule has 7 heteroatoms. The number of halogens is 2. The molecular weight excluding hydrogens is 405 g/mol. The largest absolute Gasteiger partial charge is 0.482 e. The molecule has 1 amide bonds. The Bertz CT molecular complexity index is 856. The van der Waals surface area contributed by atoms with Crippen LogP contribution in [0, 0.1) is 5.82 Å². The van der Waals surface area contributed by atoms with E-state index in [9.17, 15) is 9.18 Å². The van der Waals surface area contributed by atoms with Crippen molar-refractivity contribution >= 4 is 23.2 Å². The van der Waals surface area contributed by atoms with Crippen molar-refractivity contribution in [3.63, 3.8) is 0 Å². The van der Waals surface area contributed by atoms with Crippen LogP contribution in [0.4, 0.5) is 10.1 Å². The normalized spacial score (nSPS) is 20.3. The van der Waals surface area contributed by atoms with Gasteiger partial charge in [-0.25, -0.2) is 4.39 Å². The van der Waals surface area contributed by atoms with E-state index in [4.69, 9.17) is 16.3 Å². The van der Waals surface area contributed by atoms with E-state index in [1.165, 1.54) is 12.1 Å². The molecule has 0 radical (unpaired) electrons. The second-order valence-electron chi connectivity index (χ2n) is 7.85. The lowest BCUT2D eigenvalue weighted by molar-refractivity contribution is -0.135. The molecule has 0 spiro atoms. The molecule has 2 aromatic carbocycles. The van der Waals surface area contributed by atoms with Gasteiger partial charge in [0.05, 0.1) is 5.02 Å². The molecule has 160 valence electrons. The topological polar surface area (TPSA) is 36.0 Å². The molecular formula is C23H27ClFN3O2. The molecule has 0 aliphatic carbocycles. The van der Waals surface area contributed by atoms with E-state index in [1.54, 1.807) is 12.1 Å².